The molecule has 7 heteroatoms. The number of nitrogens with one attached hydrogen (secondary N) is 1. The molecule has 2 aromatic carbocycles. The highest BCUT2D eigenvalue weighted by Gasteiger charge is 2.32. The lowest BCUT2D eigenvalue weighted by Gasteiger charge is -2.24. The Morgan fingerprint density at radius 1 is 1.18 bits per heavy atom. The zero-order valence-electron chi connectivity index (χ0n) is 19.4. The topological polar surface area (TPSA) is 87.4 Å². The number of likely N-dealkylation sites (tertiary alicyclic amines) is 1. The first kappa shape index (κ1) is 22.4. The second-order valence-electron chi connectivity index (χ2n) is 9.49. The number of fused-ring (bicyclic) bond motifs is 1. The summed E-state index contributed by atoms with van der Waals surface area (Å²) in [6.07, 6.45) is 2.68. The molecule has 0 saturated carbocycles. The van der Waals surface area contributed by atoms with Crippen molar-refractivity contribution < 1.29 is 14.3 Å². The van der Waals surface area contributed by atoms with Crippen LogP contribution in [0.2, 0.25) is 0 Å². The lowest BCUT2D eigenvalue weighted by molar-refractivity contribution is 0.0292. The van der Waals surface area contributed by atoms with Crippen LogP contribution >= 0.6 is 0 Å². The molecule has 1 fully saturated rings. The van der Waals surface area contributed by atoms with Crippen LogP contribution in [0.25, 0.3) is 10.9 Å². The number of nitrogens with zero attached hydrogens (tertiary/aromatic N) is 3. The van der Waals surface area contributed by atoms with Gasteiger partial charge in [0.15, 0.2) is 0 Å². The summed E-state index contributed by atoms with van der Waals surface area (Å²) < 4.78 is 7.61. The van der Waals surface area contributed by atoms with Crippen molar-refractivity contribution in [1.82, 2.24) is 9.47 Å². The first-order valence-corrected chi connectivity index (χ1v) is 11.0. The number of rotatable bonds is 3. The summed E-state index contributed by atoms with van der Waals surface area (Å²) in [5, 5.41) is 13.1. The minimum absolute atomic E-state index is 0.194. The van der Waals surface area contributed by atoms with Crippen LogP contribution in [0.15, 0.2) is 48.7 Å². The van der Waals surface area contributed by atoms with Gasteiger partial charge in [-0.15, -0.1) is 0 Å². The Morgan fingerprint density at radius 3 is 2.70 bits per heavy atom. The molecule has 2 amide bonds. The molecular formula is C26H28N4O3. The average molecular weight is 445 g/mol. The maximum absolute atomic E-state index is 12.7. The molecule has 1 aromatic heterocycles. The van der Waals surface area contributed by atoms with E-state index in [-0.39, 0.29) is 17.9 Å². The van der Waals surface area contributed by atoms with Crippen LogP contribution in [0, 0.1) is 11.3 Å². The van der Waals surface area contributed by atoms with Crippen molar-refractivity contribution in [3.05, 3.63) is 65.4 Å². The Bertz CT molecular complexity index is 1260. The van der Waals surface area contributed by atoms with Gasteiger partial charge in [0.25, 0.3) is 5.91 Å². The van der Waals surface area contributed by atoms with E-state index >= 15 is 0 Å². The fourth-order valence-electron chi connectivity index (χ4n) is 4.27. The molecule has 1 aliphatic heterocycles. The maximum Gasteiger partial charge on any atom is 0.410 e. The molecular weight excluding hydrogens is 416 g/mol. The van der Waals surface area contributed by atoms with Crippen molar-refractivity contribution >= 4 is 28.6 Å². The number of hydrogen-bond acceptors (Lipinski definition) is 4. The summed E-state index contributed by atoms with van der Waals surface area (Å²) in [6, 6.07) is 14.5. The number of carbonyl (C=O) groups excluding carboxylic acids is 2. The Morgan fingerprint density at radius 2 is 1.97 bits per heavy atom. The van der Waals surface area contributed by atoms with Crippen molar-refractivity contribution in [2.75, 3.05) is 18.4 Å². The van der Waals surface area contributed by atoms with Gasteiger partial charge in [-0.3, -0.25) is 4.79 Å². The molecule has 0 spiro atoms. The highest BCUT2D eigenvalue weighted by atomic mass is 16.6. The first-order chi connectivity index (χ1) is 15.6. The molecule has 1 aliphatic rings. The van der Waals surface area contributed by atoms with E-state index in [4.69, 9.17) is 10.00 Å². The van der Waals surface area contributed by atoms with Gasteiger partial charge >= 0.3 is 6.09 Å². The monoisotopic (exact) mass is 444 g/mol. The lowest BCUT2D eigenvalue weighted by Crippen LogP contribution is -2.35. The molecule has 4 rings (SSSR count). The predicted octanol–water partition coefficient (Wildman–Crippen LogP) is 5.03. The van der Waals surface area contributed by atoms with Crippen LogP contribution in [0.4, 0.5) is 10.5 Å². The van der Waals surface area contributed by atoms with Crippen LogP contribution in [0.1, 0.15) is 54.6 Å². The molecule has 7 nitrogen and oxygen atoms in total. The number of ether oxygens (including phenoxy) is 1. The quantitative estimate of drug-likeness (QED) is 0.614. The summed E-state index contributed by atoms with van der Waals surface area (Å²) in [4.78, 5) is 27.0. The number of carbonyl (C=O) groups is 2. The second-order valence-corrected chi connectivity index (χ2v) is 9.49. The van der Waals surface area contributed by atoms with E-state index in [1.165, 1.54) is 0 Å². The zero-order chi connectivity index (χ0) is 23.8. The third kappa shape index (κ3) is 4.85. The lowest BCUT2D eigenvalue weighted by atomic mass is 9.97. The maximum atomic E-state index is 12.7. The van der Waals surface area contributed by atoms with Crippen LogP contribution in [0.5, 0.6) is 0 Å². The Kier molecular flexibility index (Phi) is 5.86. The van der Waals surface area contributed by atoms with Crippen molar-refractivity contribution in [2.24, 2.45) is 7.05 Å². The van der Waals surface area contributed by atoms with Crippen LogP contribution in [-0.4, -0.2) is 40.2 Å². The van der Waals surface area contributed by atoms with Gasteiger partial charge in [-0.05, 0) is 69.2 Å². The van der Waals surface area contributed by atoms with E-state index in [1.54, 1.807) is 29.2 Å². The smallest absolute Gasteiger partial charge is 0.410 e. The van der Waals surface area contributed by atoms with E-state index in [9.17, 15) is 9.59 Å². The summed E-state index contributed by atoms with van der Waals surface area (Å²) in [5.74, 6) is -0.0691. The molecule has 170 valence electrons. The van der Waals surface area contributed by atoms with E-state index in [1.807, 2.05) is 46.0 Å². The number of nitriles is 1. The van der Waals surface area contributed by atoms with Crippen LogP contribution < -0.4 is 5.32 Å². The van der Waals surface area contributed by atoms with Gasteiger partial charge in [0.1, 0.15) is 5.60 Å². The highest BCUT2D eigenvalue weighted by molar-refractivity contribution is 6.05. The largest absolute Gasteiger partial charge is 0.444 e. The summed E-state index contributed by atoms with van der Waals surface area (Å²) in [5.41, 5.74) is 3.26. The van der Waals surface area contributed by atoms with Crippen molar-refractivity contribution in [2.45, 2.75) is 38.7 Å². The number of aromatic nitrogens is 1. The van der Waals surface area contributed by atoms with Gasteiger partial charge in [-0.1, -0.05) is 6.07 Å². The molecule has 0 aliphatic carbocycles. The van der Waals surface area contributed by atoms with E-state index in [2.05, 4.69) is 22.1 Å². The number of benzene rings is 2. The van der Waals surface area contributed by atoms with Crippen molar-refractivity contribution in [3.8, 4) is 6.07 Å². The molecule has 1 saturated heterocycles. The number of anilines is 1. The average Bonchev–Trinajstić information content (AvgIpc) is 3.37. The minimum Gasteiger partial charge on any atom is -0.444 e. The molecule has 1 unspecified atom stereocenters. The third-order valence-electron chi connectivity index (χ3n) is 5.81. The standard InChI is InChI=1S/C26H28N4O3/c1-26(2,3)33-25(32)30-11-10-19(15-30)22-16-29(4)23-9-8-20(13-21(22)23)28-24(31)18-7-5-6-17(12-18)14-27/h5-9,12-13,16,19H,10-11,15H2,1-4H3,(H,28,31). The van der Waals surface area contributed by atoms with Gasteiger partial charge in [0.05, 0.1) is 11.6 Å². The van der Waals surface area contributed by atoms with Crippen LogP contribution in [0.3, 0.4) is 0 Å². The first-order valence-electron chi connectivity index (χ1n) is 11.0. The molecule has 33 heavy (non-hydrogen) atoms. The SMILES string of the molecule is Cn1cc(C2CCN(C(=O)OC(C)(C)C)C2)c2cc(NC(=O)c3cccc(C#N)c3)ccc21. The summed E-state index contributed by atoms with van der Waals surface area (Å²) >= 11 is 0. The second kappa shape index (κ2) is 8.62. The fourth-order valence-corrected chi connectivity index (χ4v) is 4.27. The molecule has 3 aromatic rings. The summed E-state index contributed by atoms with van der Waals surface area (Å²) in [6.45, 7) is 6.87. The highest BCUT2D eigenvalue weighted by Crippen LogP contribution is 2.35. The number of aryl methyl sites for hydroxylation is 1. The van der Waals surface area contributed by atoms with E-state index in [0.717, 1.165) is 22.9 Å². The Balaban J connectivity index is 1.56. The van der Waals surface area contributed by atoms with Gasteiger partial charge in [-0.25, -0.2) is 4.79 Å². The van der Waals surface area contributed by atoms with Gasteiger partial charge < -0.3 is 19.5 Å². The van der Waals surface area contributed by atoms with Crippen LogP contribution in [-0.2, 0) is 11.8 Å². The minimum atomic E-state index is -0.519. The molecule has 0 bridgehead atoms. The van der Waals surface area contributed by atoms with E-state index < -0.39 is 5.60 Å². The third-order valence-corrected chi connectivity index (χ3v) is 5.81. The zero-order valence-corrected chi connectivity index (χ0v) is 19.4. The van der Waals surface area contributed by atoms with E-state index in [0.29, 0.717) is 29.9 Å². The molecule has 0 radical (unpaired) electrons. The number of amides is 2. The Labute approximate surface area is 193 Å². The molecule has 1 N–H and O–H groups in total. The van der Waals surface area contributed by atoms with Gasteiger partial charge in [0, 0.05) is 54.4 Å². The Hall–Kier alpha value is -3.79. The van der Waals surface area contributed by atoms with Gasteiger partial charge in [-0.2, -0.15) is 5.26 Å². The van der Waals surface area contributed by atoms with Crippen molar-refractivity contribution in [1.29, 1.82) is 5.26 Å². The predicted molar refractivity (Wildman–Crippen MR) is 127 cm³/mol. The summed E-state index contributed by atoms with van der Waals surface area (Å²) in [7, 11) is 2.00. The molecule has 1 atom stereocenters. The normalized spacial score (nSPS) is 16.0. The van der Waals surface area contributed by atoms with Gasteiger partial charge in [0.2, 0.25) is 0 Å². The van der Waals surface area contributed by atoms with Crippen molar-refractivity contribution in [3.63, 3.8) is 0 Å². The fraction of sp³-hybridized carbons (Fsp3) is 0.346. The molecule has 2 heterocycles. The number of hydrogen-bond donors (Lipinski definition) is 1.